The maximum atomic E-state index is 13.4. The fourth-order valence-electron chi connectivity index (χ4n) is 3.45. The van der Waals surface area contributed by atoms with E-state index in [1.54, 1.807) is 10.7 Å². The SMILES string of the molecule is Cc1cc(F)ccc1-n1nnc(-c2ccc3c(O)n(C(C)C)cc3c2)c1C. The van der Waals surface area contributed by atoms with E-state index < -0.39 is 0 Å². The molecule has 0 aliphatic rings. The Hall–Kier alpha value is -3.15. The summed E-state index contributed by atoms with van der Waals surface area (Å²) in [6, 6.07) is 10.6. The maximum Gasteiger partial charge on any atom is 0.199 e. The number of aryl methyl sites for hydroxylation is 1. The van der Waals surface area contributed by atoms with Crippen molar-refractivity contribution in [3.05, 3.63) is 59.7 Å². The van der Waals surface area contributed by atoms with Crippen molar-refractivity contribution in [3.63, 3.8) is 0 Å². The van der Waals surface area contributed by atoms with E-state index in [1.165, 1.54) is 12.1 Å². The van der Waals surface area contributed by atoms with Crippen molar-refractivity contribution in [2.75, 3.05) is 0 Å². The minimum absolute atomic E-state index is 0.171. The van der Waals surface area contributed by atoms with Crippen molar-refractivity contribution >= 4 is 10.8 Å². The van der Waals surface area contributed by atoms with E-state index in [4.69, 9.17) is 0 Å². The van der Waals surface area contributed by atoms with Crippen LogP contribution in [-0.2, 0) is 0 Å². The smallest absolute Gasteiger partial charge is 0.199 e. The molecule has 0 saturated carbocycles. The van der Waals surface area contributed by atoms with Gasteiger partial charge in [-0.3, -0.25) is 0 Å². The first-order valence-electron chi connectivity index (χ1n) is 8.89. The number of hydrogen-bond acceptors (Lipinski definition) is 3. The third-order valence-corrected chi connectivity index (χ3v) is 4.93. The van der Waals surface area contributed by atoms with Crippen molar-refractivity contribution in [1.82, 2.24) is 19.6 Å². The lowest BCUT2D eigenvalue weighted by Crippen LogP contribution is -2.02. The second-order valence-corrected chi connectivity index (χ2v) is 7.12. The number of halogens is 1. The molecule has 4 aromatic rings. The molecule has 1 N–H and O–H groups in total. The van der Waals surface area contributed by atoms with Gasteiger partial charge in [0.15, 0.2) is 5.88 Å². The Morgan fingerprint density at radius 1 is 1.07 bits per heavy atom. The van der Waals surface area contributed by atoms with Gasteiger partial charge >= 0.3 is 0 Å². The molecule has 0 radical (unpaired) electrons. The second kappa shape index (κ2) is 6.23. The topological polar surface area (TPSA) is 55.9 Å². The van der Waals surface area contributed by atoms with Crippen LogP contribution in [0.4, 0.5) is 4.39 Å². The zero-order valence-corrected chi connectivity index (χ0v) is 15.7. The van der Waals surface area contributed by atoms with Crippen LogP contribution in [0.15, 0.2) is 42.6 Å². The standard InChI is InChI=1S/C21H21FN4O/c1-12(2)25-11-16-10-15(5-7-18(16)21(25)27)20-14(4)26(24-23-20)19-8-6-17(22)9-13(19)3/h5-12,27H,1-4H3. The van der Waals surface area contributed by atoms with Crippen LogP contribution in [0.5, 0.6) is 5.88 Å². The fraction of sp³-hybridized carbons (Fsp3) is 0.238. The number of nitrogens with zero attached hydrogens (tertiary/aromatic N) is 4. The molecule has 138 valence electrons. The summed E-state index contributed by atoms with van der Waals surface area (Å²) >= 11 is 0. The summed E-state index contributed by atoms with van der Waals surface area (Å²) in [5, 5.41) is 20.8. The largest absolute Gasteiger partial charge is 0.494 e. The average molecular weight is 364 g/mol. The van der Waals surface area contributed by atoms with E-state index in [0.717, 1.165) is 39.0 Å². The molecule has 0 atom stereocenters. The van der Waals surface area contributed by atoms with Crippen molar-refractivity contribution in [1.29, 1.82) is 0 Å². The van der Waals surface area contributed by atoms with Crippen LogP contribution in [-0.4, -0.2) is 24.7 Å². The van der Waals surface area contributed by atoms with Gasteiger partial charge in [-0.1, -0.05) is 11.3 Å². The molecule has 4 rings (SSSR count). The highest BCUT2D eigenvalue weighted by Crippen LogP contribution is 2.33. The van der Waals surface area contributed by atoms with Crippen molar-refractivity contribution in [3.8, 4) is 22.8 Å². The summed E-state index contributed by atoms with van der Waals surface area (Å²) in [5.74, 6) is 0.00280. The average Bonchev–Trinajstić information content (AvgIpc) is 3.15. The Morgan fingerprint density at radius 2 is 1.85 bits per heavy atom. The van der Waals surface area contributed by atoms with Gasteiger partial charge in [-0.15, -0.1) is 5.10 Å². The van der Waals surface area contributed by atoms with Gasteiger partial charge in [-0.25, -0.2) is 9.07 Å². The third-order valence-electron chi connectivity index (χ3n) is 4.93. The minimum Gasteiger partial charge on any atom is -0.494 e. The van der Waals surface area contributed by atoms with Gasteiger partial charge in [-0.2, -0.15) is 0 Å². The van der Waals surface area contributed by atoms with E-state index in [-0.39, 0.29) is 17.7 Å². The first kappa shape index (κ1) is 17.3. The summed E-state index contributed by atoms with van der Waals surface area (Å²) in [5.41, 5.74) is 4.15. The molecular weight excluding hydrogens is 343 g/mol. The number of fused-ring (bicyclic) bond motifs is 1. The van der Waals surface area contributed by atoms with E-state index in [1.807, 2.05) is 56.7 Å². The molecule has 6 heteroatoms. The number of rotatable bonds is 3. The number of benzene rings is 2. The molecule has 2 aromatic carbocycles. The van der Waals surface area contributed by atoms with E-state index in [2.05, 4.69) is 10.3 Å². The van der Waals surface area contributed by atoms with Crippen LogP contribution in [0.1, 0.15) is 31.1 Å². The van der Waals surface area contributed by atoms with E-state index >= 15 is 0 Å². The van der Waals surface area contributed by atoms with Gasteiger partial charge in [0.1, 0.15) is 11.5 Å². The van der Waals surface area contributed by atoms with Gasteiger partial charge in [0.2, 0.25) is 0 Å². The quantitative estimate of drug-likeness (QED) is 0.561. The number of aromatic nitrogens is 4. The highest BCUT2D eigenvalue weighted by atomic mass is 19.1. The van der Waals surface area contributed by atoms with Gasteiger partial charge < -0.3 is 9.67 Å². The molecule has 2 aromatic heterocycles. The molecular formula is C21H21FN4O. The lowest BCUT2D eigenvalue weighted by atomic mass is 10.1. The Bertz CT molecular complexity index is 1160. The second-order valence-electron chi connectivity index (χ2n) is 7.12. The Morgan fingerprint density at radius 3 is 2.56 bits per heavy atom. The van der Waals surface area contributed by atoms with Gasteiger partial charge in [-0.05, 0) is 63.6 Å². The molecule has 0 saturated heterocycles. The highest BCUT2D eigenvalue weighted by molar-refractivity contribution is 5.91. The van der Waals surface area contributed by atoms with Crippen molar-refractivity contribution in [2.24, 2.45) is 0 Å². The normalized spacial score (nSPS) is 11.6. The zero-order valence-electron chi connectivity index (χ0n) is 15.7. The van der Waals surface area contributed by atoms with Crippen LogP contribution in [0.25, 0.3) is 27.7 Å². The molecule has 0 bridgehead atoms. The minimum atomic E-state index is -0.269. The molecule has 0 spiro atoms. The van der Waals surface area contributed by atoms with Gasteiger partial charge in [0.25, 0.3) is 0 Å². The summed E-state index contributed by atoms with van der Waals surface area (Å²) in [6.07, 6.45) is 1.95. The Balaban J connectivity index is 1.81. The lowest BCUT2D eigenvalue weighted by Gasteiger charge is -2.07. The molecule has 0 amide bonds. The van der Waals surface area contributed by atoms with E-state index in [9.17, 15) is 9.50 Å². The van der Waals surface area contributed by atoms with Crippen LogP contribution >= 0.6 is 0 Å². The number of hydrogen-bond donors (Lipinski definition) is 1. The highest BCUT2D eigenvalue weighted by Gasteiger charge is 2.16. The summed E-state index contributed by atoms with van der Waals surface area (Å²) in [4.78, 5) is 0. The Labute approximate surface area is 156 Å². The maximum absolute atomic E-state index is 13.4. The first-order valence-corrected chi connectivity index (χ1v) is 8.89. The summed E-state index contributed by atoms with van der Waals surface area (Å²) < 4.78 is 17.0. The molecule has 0 fully saturated rings. The first-order chi connectivity index (χ1) is 12.9. The Kier molecular flexibility index (Phi) is 3.98. The fourth-order valence-corrected chi connectivity index (χ4v) is 3.45. The van der Waals surface area contributed by atoms with Crippen LogP contribution in [0, 0.1) is 19.7 Å². The summed E-state index contributed by atoms with van der Waals surface area (Å²) in [6.45, 7) is 7.85. The summed E-state index contributed by atoms with van der Waals surface area (Å²) in [7, 11) is 0. The van der Waals surface area contributed by atoms with Gasteiger partial charge in [0, 0.05) is 28.6 Å². The van der Waals surface area contributed by atoms with E-state index in [0.29, 0.717) is 0 Å². The van der Waals surface area contributed by atoms with Gasteiger partial charge in [0.05, 0.1) is 11.4 Å². The predicted molar refractivity (Wildman–Crippen MR) is 104 cm³/mol. The molecule has 5 nitrogen and oxygen atoms in total. The van der Waals surface area contributed by atoms with Crippen molar-refractivity contribution < 1.29 is 9.50 Å². The molecule has 0 aliphatic carbocycles. The molecule has 2 heterocycles. The third kappa shape index (κ3) is 2.77. The van der Waals surface area contributed by atoms with Crippen LogP contribution in [0.2, 0.25) is 0 Å². The molecule has 27 heavy (non-hydrogen) atoms. The van der Waals surface area contributed by atoms with Crippen LogP contribution < -0.4 is 0 Å². The van der Waals surface area contributed by atoms with Crippen LogP contribution in [0.3, 0.4) is 0 Å². The lowest BCUT2D eigenvalue weighted by molar-refractivity contribution is 0.405. The zero-order chi connectivity index (χ0) is 19.3. The number of aromatic hydroxyl groups is 1. The predicted octanol–water partition coefficient (Wildman–Crippen LogP) is 4.93. The monoisotopic (exact) mass is 364 g/mol. The van der Waals surface area contributed by atoms with Crippen molar-refractivity contribution in [2.45, 2.75) is 33.7 Å². The molecule has 0 unspecified atom stereocenters. The molecule has 0 aliphatic heterocycles.